The second kappa shape index (κ2) is 33.6. The van der Waals surface area contributed by atoms with Crippen LogP contribution in [0.5, 0.6) is 0 Å². The van der Waals surface area contributed by atoms with Gasteiger partial charge >= 0.3 is 0 Å². The van der Waals surface area contributed by atoms with Gasteiger partial charge in [0.1, 0.15) is 0 Å². The SMILES string of the molecule is CCCCCCCCCCCCCCCCCCCCCCCCCCC[N+](CCC)(CCC)CCC.[Br-]. The number of hydrogen-bond acceptors (Lipinski definition) is 0. The highest BCUT2D eigenvalue weighted by molar-refractivity contribution is 4.53. The van der Waals surface area contributed by atoms with Crippen LogP contribution in [0.1, 0.15) is 207 Å². The average Bonchev–Trinajstić information content (AvgIpc) is 2.89. The van der Waals surface area contributed by atoms with Gasteiger partial charge in [-0.05, 0) is 32.1 Å². The van der Waals surface area contributed by atoms with E-state index < -0.39 is 0 Å². The van der Waals surface area contributed by atoms with Crippen LogP contribution in [0.25, 0.3) is 0 Å². The molecule has 1 nitrogen and oxygen atoms in total. The lowest BCUT2D eigenvalue weighted by Gasteiger charge is -2.38. The molecule has 0 bridgehead atoms. The van der Waals surface area contributed by atoms with Crippen LogP contribution in [0.3, 0.4) is 0 Å². The average molecular weight is 603 g/mol. The summed E-state index contributed by atoms with van der Waals surface area (Å²) in [6.45, 7) is 15.1. The topological polar surface area (TPSA) is 0 Å². The van der Waals surface area contributed by atoms with E-state index in [1.807, 2.05) is 0 Å². The van der Waals surface area contributed by atoms with E-state index in [4.69, 9.17) is 0 Å². The zero-order valence-electron chi connectivity index (χ0n) is 27.5. The molecule has 0 aliphatic heterocycles. The van der Waals surface area contributed by atoms with E-state index in [9.17, 15) is 0 Å². The van der Waals surface area contributed by atoms with Crippen molar-refractivity contribution >= 4 is 0 Å². The summed E-state index contributed by atoms with van der Waals surface area (Å²) >= 11 is 0. The van der Waals surface area contributed by atoms with Crippen LogP contribution in [0.2, 0.25) is 0 Å². The van der Waals surface area contributed by atoms with Gasteiger partial charge in [-0.15, -0.1) is 0 Å². The lowest BCUT2D eigenvalue weighted by molar-refractivity contribution is -0.928. The highest BCUT2D eigenvalue weighted by Crippen LogP contribution is 2.17. The molecular formula is C36H76BrN. The van der Waals surface area contributed by atoms with Gasteiger partial charge in [0, 0.05) is 0 Å². The summed E-state index contributed by atoms with van der Waals surface area (Å²) in [4.78, 5) is 0. The minimum atomic E-state index is 0. The smallest absolute Gasteiger partial charge is 0.0786 e. The van der Waals surface area contributed by atoms with Crippen molar-refractivity contribution < 1.29 is 21.5 Å². The number of rotatable bonds is 32. The van der Waals surface area contributed by atoms with Crippen LogP contribution in [-0.2, 0) is 0 Å². The molecule has 0 fully saturated rings. The summed E-state index contributed by atoms with van der Waals surface area (Å²) in [5, 5.41) is 0. The molecule has 0 rings (SSSR count). The summed E-state index contributed by atoms with van der Waals surface area (Å²) < 4.78 is 1.41. The lowest BCUT2D eigenvalue weighted by Crippen LogP contribution is -3.00. The van der Waals surface area contributed by atoms with Gasteiger partial charge in [0.25, 0.3) is 0 Å². The van der Waals surface area contributed by atoms with Crippen molar-refractivity contribution in [2.75, 3.05) is 26.2 Å². The molecular weight excluding hydrogens is 526 g/mol. The van der Waals surface area contributed by atoms with Crippen LogP contribution < -0.4 is 17.0 Å². The first-order valence-electron chi connectivity index (χ1n) is 18.1. The molecule has 0 heterocycles. The second-order valence-electron chi connectivity index (χ2n) is 12.7. The Morgan fingerprint density at radius 3 is 0.658 bits per heavy atom. The quantitative estimate of drug-likeness (QED) is 0.0531. The van der Waals surface area contributed by atoms with Crippen LogP contribution in [0.15, 0.2) is 0 Å². The Hall–Kier alpha value is 0.440. The highest BCUT2D eigenvalue weighted by Gasteiger charge is 2.23. The van der Waals surface area contributed by atoms with E-state index in [1.54, 1.807) is 0 Å². The minimum absolute atomic E-state index is 0. The predicted octanol–water partition coefficient (Wildman–Crippen LogP) is 9.81. The van der Waals surface area contributed by atoms with Gasteiger partial charge in [0.15, 0.2) is 0 Å². The van der Waals surface area contributed by atoms with Crippen molar-refractivity contribution in [1.29, 1.82) is 0 Å². The molecule has 0 aromatic rings. The molecule has 0 spiro atoms. The predicted molar refractivity (Wildman–Crippen MR) is 172 cm³/mol. The largest absolute Gasteiger partial charge is 1.00 e. The van der Waals surface area contributed by atoms with Crippen molar-refractivity contribution in [3.05, 3.63) is 0 Å². The molecule has 0 aliphatic rings. The summed E-state index contributed by atoms with van der Waals surface area (Å²) in [6.07, 6.45) is 41.0. The number of unbranched alkanes of at least 4 members (excludes halogenated alkanes) is 24. The maximum atomic E-state index is 2.37. The first-order valence-corrected chi connectivity index (χ1v) is 18.1. The Morgan fingerprint density at radius 2 is 0.447 bits per heavy atom. The fourth-order valence-electron chi connectivity index (χ4n) is 6.68. The third-order valence-corrected chi connectivity index (χ3v) is 8.83. The molecule has 0 unspecified atom stereocenters. The van der Waals surface area contributed by atoms with Gasteiger partial charge in [0.05, 0.1) is 26.2 Å². The van der Waals surface area contributed by atoms with Crippen molar-refractivity contribution in [1.82, 2.24) is 0 Å². The number of quaternary nitrogens is 1. The molecule has 0 atom stereocenters. The van der Waals surface area contributed by atoms with Gasteiger partial charge in [-0.2, -0.15) is 0 Å². The number of nitrogens with zero attached hydrogens (tertiary/aromatic N) is 1. The summed E-state index contributed by atoms with van der Waals surface area (Å²) in [5.74, 6) is 0. The van der Waals surface area contributed by atoms with E-state index in [0.29, 0.717) is 0 Å². The van der Waals surface area contributed by atoms with E-state index in [1.165, 1.54) is 210 Å². The first-order chi connectivity index (χ1) is 18.2. The minimum Gasteiger partial charge on any atom is -1.00 e. The Labute approximate surface area is 254 Å². The molecule has 0 aliphatic carbocycles. The standard InChI is InChI=1S/C36H76N.BrH/c1-5-9-10-11-12-13-14-15-16-17-18-19-20-21-22-23-24-25-26-27-28-29-30-31-32-36-37(33-6-2,34-7-3)35-8-4;/h5-36H2,1-4H3;1H/q+1;/p-1. The molecule has 0 N–H and O–H groups in total. The summed E-state index contributed by atoms with van der Waals surface area (Å²) in [5.41, 5.74) is 0. The molecule has 2 heteroatoms. The Balaban J connectivity index is 0. The fourth-order valence-corrected chi connectivity index (χ4v) is 6.68. The number of hydrogen-bond donors (Lipinski definition) is 0. The second-order valence-corrected chi connectivity index (χ2v) is 12.7. The van der Waals surface area contributed by atoms with Gasteiger partial charge in [-0.3, -0.25) is 0 Å². The molecule has 0 saturated heterocycles. The lowest BCUT2D eigenvalue weighted by atomic mass is 10.0. The molecule has 0 aromatic carbocycles. The van der Waals surface area contributed by atoms with E-state index in [0.717, 1.165) is 0 Å². The van der Waals surface area contributed by atoms with Crippen LogP contribution in [0, 0.1) is 0 Å². The van der Waals surface area contributed by atoms with Gasteiger partial charge in [-0.25, -0.2) is 0 Å². The van der Waals surface area contributed by atoms with Crippen molar-refractivity contribution in [2.45, 2.75) is 207 Å². The van der Waals surface area contributed by atoms with Gasteiger partial charge in [-0.1, -0.05) is 175 Å². The van der Waals surface area contributed by atoms with Crippen molar-refractivity contribution in [3.63, 3.8) is 0 Å². The van der Waals surface area contributed by atoms with Gasteiger partial charge in [0.2, 0.25) is 0 Å². The maximum Gasteiger partial charge on any atom is 0.0786 e. The van der Waals surface area contributed by atoms with E-state index in [-0.39, 0.29) is 17.0 Å². The van der Waals surface area contributed by atoms with Crippen LogP contribution in [0.4, 0.5) is 0 Å². The molecule has 0 radical (unpaired) electrons. The monoisotopic (exact) mass is 602 g/mol. The molecule has 0 amide bonds. The fraction of sp³-hybridized carbons (Fsp3) is 1.00. The third kappa shape index (κ3) is 28.0. The van der Waals surface area contributed by atoms with E-state index >= 15 is 0 Å². The Morgan fingerprint density at radius 1 is 0.237 bits per heavy atom. The normalized spacial score (nSPS) is 11.7. The zero-order chi connectivity index (χ0) is 27.1. The summed E-state index contributed by atoms with van der Waals surface area (Å²) in [7, 11) is 0. The highest BCUT2D eigenvalue weighted by atomic mass is 79.9. The van der Waals surface area contributed by atoms with E-state index in [2.05, 4.69) is 27.7 Å². The van der Waals surface area contributed by atoms with Crippen molar-refractivity contribution in [3.8, 4) is 0 Å². The van der Waals surface area contributed by atoms with Crippen LogP contribution in [-0.4, -0.2) is 30.7 Å². The van der Waals surface area contributed by atoms with Crippen molar-refractivity contribution in [2.24, 2.45) is 0 Å². The number of halogens is 1. The molecule has 0 saturated carbocycles. The third-order valence-electron chi connectivity index (χ3n) is 8.83. The summed E-state index contributed by atoms with van der Waals surface area (Å²) in [6, 6.07) is 0. The molecule has 0 aromatic heterocycles. The molecule has 38 heavy (non-hydrogen) atoms. The maximum absolute atomic E-state index is 2.37. The van der Waals surface area contributed by atoms with Crippen LogP contribution >= 0.6 is 0 Å². The Bertz CT molecular complexity index is 393. The van der Waals surface area contributed by atoms with Gasteiger partial charge < -0.3 is 21.5 Å². The Kier molecular flexibility index (Phi) is 35.9. The zero-order valence-corrected chi connectivity index (χ0v) is 29.0. The first kappa shape index (κ1) is 40.6. The molecule has 232 valence electrons.